The highest BCUT2D eigenvalue weighted by molar-refractivity contribution is 7.99. The molecule has 2 rings (SSSR count). The van der Waals surface area contributed by atoms with Gasteiger partial charge in [0.1, 0.15) is 0 Å². The van der Waals surface area contributed by atoms with Crippen LogP contribution in [0, 0.1) is 0 Å². The number of thioether (sulfide) groups is 1. The van der Waals surface area contributed by atoms with Crippen molar-refractivity contribution < 1.29 is 0 Å². The molecule has 2 aliphatic heterocycles. The second-order valence-electron chi connectivity index (χ2n) is 5.79. The van der Waals surface area contributed by atoms with Gasteiger partial charge in [-0.1, -0.05) is 0 Å². The monoisotopic (exact) mass is 257 g/mol. The Balaban J connectivity index is 2.06. The maximum atomic E-state index is 6.15. The number of rotatable bonds is 4. The molecule has 0 amide bonds. The Morgan fingerprint density at radius 2 is 2.06 bits per heavy atom. The highest BCUT2D eigenvalue weighted by atomic mass is 32.2. The van der Waals surface area contributed by atoms with E-state index in [0.29, 0.717) is 5.54 Å². The van der Waals surface area contributed by atoms with Crippen LogP contribution in [0.5, 0.6) is 0 Å². The van der Waals surface area contributed by atoms with Crippen molar-refractivity contribution in [3.63, 3.8) is 0 Å². The Bertz CT molecular complexity index is 239. The minimum atomic E-state index is 0.322. The summed E-state index contributed by atoms with van der Waals surface area (Å²) in [6.07, 6.45) is 5.29. The molecule has 1 atom stereocenters. The van der Waals surface area contributed by atoms with Gasteiger partial charge in [-0.3, -0.25) is 4.90 Å². The standard InChI is InChI=1S/C13H27N3S/c1-15(2)10-12-4-3-7-16(12)13(11-14)5-8-17-9-6-13/h12H,3-11,14H2,1-2H3. The predicted molar refractivity (Wildman–Crippen MR) is 76.6 cm³/mol. The van der Waals surface area contributed by atoms with Gasteiger partial charge in [0.25, 0.3) is 0 Å². The number of likely N-dealkylation sites (tertiary alicyclic amines) is 1. The molecule has 0 spiro atoms. The fraction of sp³-hybridized carbons (Fsp3) is 1.00. The van der Waals surface area contributed by atoms with E-state index in [0.717, 1.165) is 12.6 Å². The third-order valence-electron chi connectivity index (χ3n) is 4.37. The Labute approximate surface area is 110 Å². The lowest BCUT2D eigenvalue weighted by Crippen LogP contribution is -2.59. The molecule has 0 saturated carbocycles. The molecule has 17 heavy (non-hydrogen) atoms. The highest BCUT2D eigenvalue weighted by Crippen LogP contribution is 2.36. The second-order valence-corrected chi connectivity index (χ2v) is 7.02. The van der Waals surface area contributed by atoms with E-state index in [9.17, 15) is 0 Å². The molecule has 2 N–H and O–H groups in total. The summed E-state index contributed by atoms with van der Waals surface area (Å²) in [6, 6.07) is 0.733. The number of hydrogen-bond donors (Lipinski definition) is 1. The van der Waals surface area contributed by atoms with Crippen molar-refractivity contribution in [3.8, 4) is 0 Å². The van der Waals surface area contributed by atoms with Gasteiger partial charge in [-0.25, -0.2) is 0 Å². The molecule has 4 heteroatoms. The molecule has 0 aliphatic carbocycles. The lowest BCUT2D eigenvalue weighted by atomic mass is 9.89. The Kier molecular flexibility index (Phi) is 4.75. The summed E-state index contributed by atoms with van der Waals surface area (Å²) in [6.45, 7) is 3.30. The normalized spacial score (nSPS) is 30.0. The molecule has 100 valence electrons. The van der Waals surface area contributed by atoms with Crippen LogP contribution in [0.3, 0.4) is 0 Å². The van der Waals surface area contributed by atoms with E-state index in [-0.39, 0.29) is 0 Å². The Morgan fingerprint density at radius 3 is 2.65 bits per heavy atom. The van der Waals surface area contributed by atoms with Crippen LogP contribution in [0.25, 0.3) is 0 Å². The van der Waals surface area contributed by atoms with Crippen LogP contribution < -0.4 is 5.73 Å². The lowest BCUT2D eigenvalue weighted by Gasteiger charge is -2.47. The molecule has 0 bridgehead atoms. The van der Waals surface area contributed by atoms with E-state index >= 15 is 0 Å². The summed E-state index contributed by atoms with van der Waals surface area (Å²) < 4.78 is 0. The van der Waals surface area contributed by atoms with E-state index in [1.54, 1.807) is 0 Å². The first-order chi connectivity index (χ1) is 8.18. The van der Waals surface area contributed by atoms with Crippen LogP contribution >= 0.6 is 11.8 Å². The average molecular weight is 257 g/mol. The SMILES string of the molecule is CN(C)CC1CCCN1C1(CN)CCSCC1. The maximum Gasteiger partial charge on any atom is 0.0350 e. The van der Waals surface area contributed by atoms with Crippen LogP contribution in [0.2, 0.25) is 0 Å². The van der Waals surface area contributed by atoms with Crippen molar-refractivity contribution in [1.29, 1.82) is 0 Å². The van der Waals surface area contributed by atoms with Crippen molar-refractivity contribution in [1.82, 2.24) is 9.80 Å². The van der Waals surface area contributed by atoms with Crippen LogP contribution in [0.1, 0.15) is 25.7 Å². The summed E-state index contributed by atoms with van der Waals surface area (Å²) in [5, 5.41) is 0. The zero-order chi connectivity index (χ0) is 12.3. The predicted octanol–water partition coefficient (Wildman–Crippen LogP) is 1.24. The van der Waals surface area contributed by atoms with Crippen molar-refractivity contribution in [2.45, 2.75) is 37.3 Å². The zero-order valence-corrected chi connectivity index (χ0v) is 12.1. The number of nitrogens with two attached hydrogens (primary N) is 1. The van der Waals surface area contributed by atoms with Crippen LogP contribution in [-0.2, 0) is 0 Å². The molecular weight excluding hydrogens is 230 g/mol. The molecule has 0 aromatic carbocycles. The summed E-state index contributed by atoms with van der Waals surface area (Å²) in [5.74, 6) is 2.59. The first kappa shape index (κ1) is 13.7. The van der Waals surface area contributed by atoms with Gasteiger partial charge in [-0.15, -0.1) is 0 Å². The van der Waals surface area contributed by atoms with Crippen LogP contribution in [-0.4, -0.2) is 66.6 Å². The molecule has 1 unspecified atom stereocenters. The largest absolute Gasteiger partial charge is 0.329 e. The molecule has 0 aromatic rings. The van der Waals surface area contributed by atoms with Crippen molar-refractivity contribution in [3.05, 3.63) is 0 Å². The van der Waals surface area contributed by atoms with Gasteiger partial charge in [0.2, 0.25) is 0 Å². The Morgan fingerprint density at radius 1 is 1.35 bits per heavy atom. The van der Waals surface area contributed by atoms with Crippen molar-refractivity contribution >= 4 is 11.8 Å². The van der Waals surface area contributed by atoms with E-state index in [2.05, 4.69) is 35.7 Å². The van der Waals surface area contributed by atoms with E-state index < -0.39 is 0 Å². The van der Waals surface area contributed by atoms with Gasteiger partial charge in [0.15, 0.2) is 0 Å². The van der Waals surface area contributed by atoms with E-state index in [4.69, 9.17) is 5.73 Å². The maximum absolute atomic E-state index is 6.15. The van der Waals surface area contributed by atoms with Gasteiger partial charge in [0, 0.05) is 24.7 Å². The third kappa shape index (κ3) is 2.98. The molecule has 2 heterocycles. The average Bonchev–Trinajstić information content (AvgIpc) is 2.78. The van der Waals surface area contributed by atoms with E-state index in [1.807, 2.05) is 0 Å². The van der Waals surface area contributed by atoms with E-state index in [1.165, 1.54) is 50.3 Å². The zero-order valence-electron chi connectivity index (χ0n) is 11.3. The number of likely N-dealkylation sites (N-methyl/N-ethyl adjacent to an activating group) is 1. The summed E-state index contributed by atoms with van der Waals surface area (Å²) >= 11 is 2.09. The van der Waals surface area contributed by atoms with Gasteiger partial charge >= 0.3 is 0 Å². The quantitative estimate of drug-likeness (QED) is 0.821. The number of hydrogen-bond acceptors (Lipinski definition) is 4. The van der Waals surface area contributed by atoms with Gasteiger partial charge in [-0.2, -0.15) is 11.8 Å². The van der Waals surface area contributed by atoms with Crippen LogP contribution in [0.4, 0.5) is 0 Å². The first-order valence-electron chi connectivity index (χ1n) is 6.87. The third-order valence-corrected chi connectivity index (χ3v) is 5.35. The van der Waals surface area contributed by atoms with Gasteiger partial charge < -0.3 is 10.6 Å². The van der Waals surface area contributed by atoms with Crippen molar-refractivity contribution in [2.24, 2.45) is 5.73 Å². The summed E-state index contributed by atoms with van der Waals surface area (Å²) in [7, 11) is 4.37. The fourth-order valence-corrected chi connectivity index (χ4v) is 4.68. The lowest BCUT2D eigenvalue weighted by molar-refractivity contribution is 0.0601. The molecule has 0 aromatic heterocycles. The molecule has 0 radical (unpaired) electrons. The summed E-state index contributed by atoms with van der Waals surface area (Å²) in [5.41, 5.74) is 6.47. The second kappa shape index (κ2) is 5.91. The topological polar surface area (TPSA) is 32.5 Å². The smallest absolute Gasteiger partial charge is 0.0350 e. The molecular formula is C13H27N3S. The molecule has 2 aliphatic rings. The minimum absolute atomic E-state index is 0.322. The molecule has 2 fully saturated rings. The molecule has 2 saturated heterocycles. The van der Waals surface area contributed by atoms with Gasteiger partial charge in [-0.05, 0) is 57.8 Å². The van der Waals surface area contributed by atoms with Crippen molar-refractivity contribution in [2.75, 3.05) is 45.2 Å². The van der Waals surface area contributed by atoms with Crippen LogP contribution in [0.15, 0.2) is 0 Å². The fourth-order valence-electron chi connectivity index (χ4n) is 3.43. The number of nitrogens with zero attached hydrogens (tertiary/aromatic N) is 2. The summed E-state index contributed by atoms with van der Waals surface area (Å²) in [4.78, 5) is 5.08. The van der Waals surface area contributed by atoms with Gasteiger partial charge in [0.05, 0.1) is 0 Å². The Hall–Kier alpha value is 0.230. The first-order valence-corrected chi connectivity index (χ1v) is 8.03. The minimum Gasteiger partial charge on any atom is -0.329 e. The highest BCUT2D eigenvalue weighted by Gasteiger charge is 2.42. The molecule has 3 nitrogen and oxygen atoms in total.